The summed E-state index contributed by atoms with van der Waals surface area (Å²) in [6.07, 6.45) is 2.04. The molecule has 110 valence electrons. The maximum absolute atomic E-state index is 11.9. The molecular formula is C14H26N2O3. The van der Waals surface area contributed by atoms with Gasteiger partial charge in [0.1, 0.15) is 5.54 Å². The van der Waals surface area contributed by atoms with Gasteiger partial charge in [0.15, 0.2) is 0 Å². The summed E-state index contributed by atoms with van der Waals surface area (Å²) < 4.78 is 5.43. The Hall–Kier alpha value is -0.650. The molecule has 1 saturated carbocycles. The van der Waals surface area contributed by atoms with Gasteiger partial charge < -0.3 is 9.84 Å². The summed E-state index contributed by atoms with van der Waals surface area (Å²) in [6, 6.07) is 0.466. The first-order valence-corrected chi connectivity index (χ1v) is 7.28. The summed E-state index contributed by atoms with van der Waals surface area (Å²) in [5.74, 6) is -0.440. The quantitative estimate of drug-likeness (QED) is 0.752. The van der Waals surface area contributed by atoms with Gasteiger partial charge in [0.25, 0.3) is 0 Å². The number of morpholine rings is 1. The van der Waals surface area contributed by atoms with Crippen LogP contribution in [0.15, 0.2) is 0 Å². The minimum atomic E-state index is -0.792. The molecule has 5 heteroatoms. The topological polar surface area (TPSA) is 61.8 Å². The van der Waals surface area contributed by atoms with Crippen LogP contribution in [0.4, 0.5) is 0 Å². The Morgan fingerprint density at radius 1 is 1.53 bits per heavy atom. The number of hydrogen-bond donors (Lipinski definition) is 2. The van der Waals surface area contributed by atoms with Crippen LogP contribution in [0.3, 0.4) is 0 Å². The lowest BCUT2D eigenvalue weighted by molar-refractivity contribution is -0.148. The van der Waals surface area contributed by atoms with Crippen molar-refractivity contribution in [2.24, 2.45) is 5.92 Å². The molecule has 1 aliphatic heterocycles. The zero-order valence-electron chi connectivity index (χ0n) is 12.2. The highest BCUT2D eigenvalue weighted by atomic mass is 16.5. The van der Waals surface area contributed by atoms with E-state index in [9.17, 15) is 9.90 Å². The smallest absolute Gasteiger partial charge is 0.325 e. The molecule has 1 heterocycles. The van der Waals surface area contributed by atoms with Crippen molar-refractivity contribution < 1.29 is 14.6 Å². The first kappa shape index (κ1) is 14.8. The van der Waals surface area contributed by atoms with E-state index in [1.807, 2.05) is 13.8 Å². The van der Waals surface area contributed by atoms with Gasteiger partial charge >= 0.3 is 5.97 Å². The molecule has 0 radical (unpaired) electrons. The van der Waals surface area contributed by atoms with E-state index in [1.165, 1.54) is 0 Å². The lowest BCUT2D eigenvalue weighted by Gasteiger charge is -2.41. The third-order valence-electron chi connectivity index (χ3n) is 4.16. The Morgan fingerprint density at radius 3 is 2.68 bits per heavy atom. The standard InChI is InChI=1S/C14H26N2O3/c1-10(2)15-14(13(17)18,12-4-5-12)9-16-6-7-19-8-11(16)3/h10-12,15H,4-9H2,1-3H3,(H,17,18). The fraction of sp³-hybridized carbons (Fsp3) is 0.929. The van der Waals surface area contributed by atoms with Crippen molar-refractivity contribution in [3.63, 3.8) is 0 Å². The van der Waals surface area contributed by atoms with E-state index in [4.69, 9.17) is 4.74 Å². The number of carbonyl (C=O) groups is 1. The molecule has 2 rings (SSSR count). The Bertz CT molecular complexity index is 331. The highest BCUT2D eigenvalue weighted by Gasteiger charge is 2.52. The summed E-state index contributed by atoms with van der Waals surface area (Å²) in [7, 11) is 0. The first-order valence-electron chi connectivity index (χ1n) is 7.28. The number of nitrogens with zero attached hydrogens (tertiary/aromatic N) is 1. The van der Waals surface area contributed by atoms with Crippen LogP contribution >= 0.6 is 0 Å². The molecule has 19 heavy (non-hydrogen) atoms. The monoisotopic (exact) mass is 270 g/mol. The molecule has 1 saturated heterocycles. The van der Waals surface area contributed by atoms with Crippen LogP contribution in [0.25, 0.3) is 0 Å². The zero-order chi connectivity index (χ0) is 14.0. The van der Waals surface area contributed by atoms with Crippen LogP contribution in [-0.2, 0) is 9.53 Å². The van der Waals surface area contributed by atoms with E-state index in [0.717, 1.165) is 19.4 Å². The first-order chi connectivity index (χ1) is 8.95. The SMILES string of the molecule is CC(C)NC(CN1CCOCC1C)(C(=O)O)C1CC1. The lowest BCUT2D eigenvalue weighted by Crippen LogP contribution is -2.64. The molecule has 2 atom stereocenters. The molecule has 0 spiro atoms. The molecule has 2 N–H and O–H groups in total. The van der Waals surface area contributed by atoms with Gasteiger partial charge in [-0.2, -0.15) is 0 Å². The van der Waals surface area contributed by atoms with Gasteiger partial charge in [-0.1, -0.05) is 0 Å². The van der Waals surface area contributed by atoms with Crippen molar-refractivity contribution in [3.05, 3.63) is 0 Å². The van der Waals surface area contributed by atoms with Crippen molar-refractivity contribution in [2.75, 3.05) is 26.3 Å². The number of rotatable bonds is 6. The van der Waals surface area contributed by atoms with E-state index in [1.54, 1.807) is 0 Å². The maximum atomic E-state index is 11.9. The molecule has 2 fully saturated rings. The highest BCUT2D eigenvalue weighted by Crippen LogP contribution is 2.41. The van der Waals surface area contributed by atoms with E-state index in [-0.39, 0.29) is 12.0 Å². The maximum Gasteiger partial charge on any atom is 0.325 e. The Kier molecular flexibility index (Phi) is 4.48. The van der Waals surface area contributed by atoms with Gasteiger partial charge in [-0.15, -0.1) is 0 Å². The summed E-state index contributed by atoms with van der Waals surface area (Å²) in [6.45, 7) is 8.94. The van der Waals surface area contributed by atoms with Gasteiger partial charge in [0.2, 0.25) is 0 Å². The molecule has 0 aromatic carbocycles. The predicted octanol–water partition coefficient (Wildman–Crippen LogP) is 0.939. The lowest BCUT2D eigenvalue weighted by atomic mass is 9.90. The second kappa shape index (κ2) is 5.77. The third-order valence-corrected chi connectivity index (χ3v) is 4.16. The van der Waals surface area contributed by atoms with Gasteiger partial charge in [0, 0.05) is 25.2 Å². The number of carboxylic acid groups (broad SMARTS) is 1. The van der Waals surface area contributed by atoms with Crippen LogP contribution in [0.1, 0.15) is 33.6 Å². The van der Waals surface area contributed by atoms with Gasteiger partial charge in [0.05, 0.1) is 13.2 Å². The number of carboxylic acids is 1. The molecule has 5 nitrogen and oxygen atoms in total. The Labute approximate surface area is 115 Å². The predicted molar refractivity (Wildman–Crippen MR) is 73.2 cm³/mol. The van der Waals surface area contributed by atoms with Crippen LogP contribution in [0, 0.1) is 5.92 Å². The van der Waals surface area contributed by atoms with E-state index in [0.29, 0.717) is 25.8 Å². The largest absolute Gasteiger partial charge is 0.480 e. The normalized spacial score (nSPS) is 28.3. The molecule has 0 amide bonds. The molecule has 2 aliphatic rings. The number of ether oxygens (including phenoxy) is 1. The fourth-order valence-electron chi connectivity index (χ4n) is 3.00. The molecule has 1 aliphatic carbocycles. The van der Waals surface area contributed by atoms with E-state index in [2.05, 4.69) is 17.1 Å². The molecule has 0 aromatic rings. The third kappa shape index (κ3) is 3.27. The second-order valence-electron chi connectivity index (χ2n) is 6.24. The molecule has 2 unspecified atom stereocenters. The van der Waals surface area contributed by atoms with Crippen molar-refractivity contribution in [2.45, 2.75) is 51.2 Å². The van der Waals surface area contributed by atoms with Crippen molar-refractivity contribution in [1.82, 2.24) is 10.2 Å². The fourth-order valence-corrected chi connectivity index (χ4v) is 3.00. The van der Waals surface area contributed by atoms with E-state index < -0.39 is 11.5 Å². The number of hydrogen-bond acceptors (Lipinski definition) is 4. The van der Waals surface area contributed by atoms with Gasteiger partial charge in [-0.25, -0.2) is 0 Å². The second-order valence-corrected chi connectivity index (χ2v) is 6.24. The van der Waals surface area contributed by atoms with Crippen LogP contribution < -0.4 is 5.32 Å². The molecule has 0 aromatic heterocycles. The molecule has 0 bridgehead atoms. The average molecular weight is 270 g/mol. The van der Waals surface area contributed by atoms with Crippen molar-refractivity contribution >= 4 is 5.97 Å². The summed E-state index contributed by atoms with van der Waals surface area (Å²) in [4.78, 5) is 14.2. The van der Waals surface area contributed by atoms with E-state index >= 15 is 0 Å². The Balaban J connectivity index is 2.14. The number of nitrogens with one attached hydrogen (secondary N) is 1. The van der Waals surface area contributed by atoms with Crippen LogP contribution in [-0.4, -0.2) is 59.9 Å². The summed E-state index contributed by atoms with van der Waals surface area (Å²) >= 11 is 0. The minimum Gasteiger partial charge on any atom is -0.480 e. The van der Waals surface area contributed by atoms with Gasteiger partial charge in [-0.3, -0.25) is 15.0 Å². The van der Waals surface area contributed by atoms with Crippen LogP contribution in [0.2, 0.25) is 0 Å². The number of aliphatic carboxylic acids is 1. The Morgan fingerprint density at radius 2 is 2.21 bits per heavy atom. The average Bonchev–Trinajstić information content (AvgIpc) is 3.14. The zero-order valence-corrected chi connectivity index (χ0v) is 12.2. The highest BCUT2D eigenvalue weighted by molar-refractivity contribution is 5.80. The van der Waals surface area contributed by atoms with Crippen molar-refractivity contribution in [1.29, 1.82) is 0 Å². The van der Waals surface area contributed by atoms with Gasteiger partial charge in [-0.05, 0) is 39.5 Å². The molecular weight excluding hydrogens is 244 g/mol. The summed E-state index contributed by atoms with van der Waals surface area (Å²) in [5, 5.41) is 13.1. The van der Waals surface area contributed by atoms with Crippen molar-refractivity contribution in [3.8, 4) is 0 Å². The summed E-state index contributed by atoms with van der Waals surface area (Å²) in [5.41, 5.74) is -0.792. The minimum absolute atomic E-state index is 0.174. The van der Waals surface area contributed by atoms with Crippen LogP contribution in [0.5, 0.6) is 0 Å².